The number of hydrogen-bond acceptors (Lipinski definition) is 7. The highest BCUT2D eigenvalue weighted by atomic mass is 16.6. The number of fused-ring (bicyclic) bond motifs is 6. The standard InChI is InChI=1S/C31H26N2O6/c1-17(32-2)13-18-5-3-4-6-26(18)33-29(36)19-7-10-22-25(14-19)31(39-30(22)37)23-11-8-20(34)15-27(23)38-28-16-21(35)9-12-24(28)31/h3-12,14-17,32,34-35H,13H2,1-2H3,(H,33,36)/t17-/m0/s1. The second-order valence-electron chi connectivity index (χ2n) is 9.80. The lowest BCUT2D eigenvalue weighted by atomic mass is 9.77. The molecule has 4 aromatic carbocycles. The van der Waals surface area contributed by atoms with E-state index in [0.717, 1.165) is 12.0 Å². The Hall–Kier alpha value is -4.82. The van der Waals surface area contributed by atoms with Crippen molar-refractivity contribution in [3.05, 3.63) is 112 Å². The number of nitrogens with one attached hydrogen (secondary N) is 2. The molecule has 4 N–H and O–H groups in total. The lowest BCUT2D eigenvalue weighted by Gasteiger charge is -2.36. The van der Waals surface area contributed by atoms with Crippen molar-refractivity contribution in [1.29, 1.82) is 0 Å². The summed E-state index contributed by atoms with van der Waals surface area (Å²) in [5.74, 6) is -0.399. The monoisotopic (exact) mass is 522 g/mol. The van der Waals surface area contributed by atoms with Gasteiger partial charge in [0, 0.05) is 46.1 Å². The third kappa shape index (κ3) is 3.97. The number of likely N-dealkylation sites (N-methyl/N-ethyl adjacent to an activating group) is 1. The van der Waals surface area contributed by atoms with E-state index in [2.05, 4.69) is 17.6 Å². The third-order valence-corrected chi connectivity index (χ3v) is 7.32. The number of aromatic hydroxyl groups is 2. The van der Waals surface area contributed by atoms with Gasteiger partial charge < -0.3 is 30.3 Å². The average molecular weight is 523 g/mol. The Kier molecular flexibility index (Phi) is 5.77. The van der Waals surface area contributed by atoms with Crippen LogP contribution in [0.3, 0.4) is 0 Å². The number of ether oxygens (including phenoxy) is 2. The number of rotatable bonds is 5. The quantitative estimate of drug-likeness (QED) is 0.271. The van der Waals surface area contributed by atoms with Crippen LogP contribution in [-0.2, 0) is 16.8 Å². The number of esters is 1. The summed E-state index contributed by atoms with van der Waals surface area (Å²) in [5, 5.41) is 26.5. The van der Waals surface area contributed by atoms with E-state index in [9.17, 15) is 19.8 Å². The van der Waals surface area contributed by atoms with Crippen LogP contribution in [-0.4, -0.2) is 35.2 Å². The van der Waals surface area contributed by atoms with Gasteiger partial charge >= 0.3 is 5.97 Å². The molecule has 0 unspecified atom stereocenters. The summed E-state index contributed by atoms with van der Waals surface area (Å²) in [5.41, 5.74) is 2.39. The minimum Gasteiger partial charge on any atom is -0.508 e. The molecular weight excluding hydrogens is 496 g/mol. The van der Waals surface area contributed by atoms with Crippen LogP contribution in [0.15, 0.2) is 78.9 Å². The molecule has 0 fully saturated rings. The molecular formula is C31H26N2O6. The van der Waals surface area contributed by atoms with E-state index in [-0.39, 0.29) is 34.9 Å². The van der Waals surface area contributed by atoms with Crippen molar-refractivity contribution in [2.75, 3.05) is 12.4 Å². The van der Waals surface area contributed by atoms with Gasteiger partial charge in [-0.05, 0) is 74.5 Å². The minimum atomic E-state index is -1.44. The molecule has 0 bridgehead atoms. The lowest BCUT2D eigenvalue weighted by Crippen LogP contribution is -2.33. The molecule has 0 saturated carbocycles. The summed E-state index contributed by atoms with van der Waals surface area (Å²) >= 11 is 0. The molecule has 2 heterocycles. The Morgan fingerprint density at radius 2 is 1.56 bits per heavy atom. The van der Waals surface area contributed by atoms with E-state index >= 15 is 0 Å². The van der Waals surface area contributed by atoms with Crippen molar-refractivity contribution >= 4 is 17.6 Å². The highest BCUT2D eigenvalue weighted by Gasteiger charge is 2.53. The fraction of sp³-hybridized carbons (Fsp3) is 0.161. The van der Waals surface area contributed by atoms with Gasteiger partial charge in [0.1, 0.15) is 23.0 Å². The molecule has 0 aliphatic carbocycles. The van der Waals surface area contributed by atoms with Crippen LogP contribution in [0.1, 0.15) is 49.9 Å². The zero-order valence-corrected chi connectivity index (χ0v) is 21.3. The van der Waals surface area contributed by atoms with Crippen LogP contribution in [0.25, 0.3) is 0 Å². The number of hydrogen-bond donors (Lipinski definition) is 4. The molecule has 8 heteroatoms. The molecule has 6 rings (SSSR count). The number of carbonyl (C=O) groups is 2. The zero-order valence-electron chi connectivity index (χ0n) is 21.3. The Morgan fingerprint density at radius 1 is 0.897 bits per heavy atom. The topological polar surface area (TPSA) is 117 Å². The average Bonchev–Trinajstić information content (AvgIpc) is 3.21. The maximum Gasteiger partial charge on any atom is 0.340 e. The summed E-state index contributed by atoms with van der Waals surface area (Å²) < 4.78 is 12.1. The van der Waals surface area contributed by atoms with Gasteiger partial charge in [0.15, 0.2) is 5.60 Å². The summed E-state index contributed by atoms with van der Waals surface area (Å²) in [4.78, 5) is 26.7. The first-order valence-corrected chi connectivity index (χ1v) is 12.6. The molecule has 0 saturated heterocycles. The number of benzene rings is 4. The molecule has 2 aliphatic heterocycles. The maximum atomic E-state index is 13.5. The van der Waals surface area contributed by atoms with Crippen molar-refractivity contribution in [3.63, 3.8) is 0 Å². The van der Waals surface area contributed by atoms with E-state index < -0.39 is 11.6 Å². The predicted molar refractivity (Wildman–Crippen MR) is 145 cm³/mol. The lowest BCUT2D eigenvalue weighted by molar-refractivity contribution is 0.0224. The highest BCUT2D eigenvalue weighted by molar-refractivity contribution is 6.06. The van der Waals surface area contributed by atoms with Crippen molar-refractivity contribution in [2.45, 2.75) is 25.0 Å². The Bertz CT molecular complexity index is 1590. The van der Waals surface area contributed by atoms with Crippen LogP contribution < -0.4 is 15.4 Å². The van der Waals surface area contributed by atoms with Gasteiger partial charge in [0.2, 0.25) is 0 Å². The fourth-order valence-electron chi connectivity index (χ4n) is 5.29. The van der Waals surface area contributed by atoms with E-state index in [1.807, 2.05) is 31.3 Å². The Morgan fingerprint density at radius 3 is 2.23 bits per heavy atom. The summed E-state index contributed by atoms with van der Waals surface area (Å²) in [6.45, 7) is 2.07. The van der Waals surface area contributed by atoms with Gasteiger partial charge in [0.05, 0.1) is 5.56 Å². The largest absolute Gasteiger partial charge is 0.508 e. The van der Waals surface area contributed by atoms with Crippen molar-refractivity contribution in [2.24, 2.45) is 0 Å². The second kappa shape index (κ2) is 9.18. The van der Waals surface area contributed by atoms with E-state index in [0.29, 0.717) is 33.5 Å². The first-order chi connectivity index (χ1) is 18.8. The summed E-state index contributed by atoms with van der Waals surface area (Å²) in [7, 11) is 1.89. The smallest absolute Gasteiger partial charge is 0.340 e. The molecule has 8 nitrogen and oxygen atoms in total. The normalized spacial score (nSPS) is 15.0. The number of phenols is 2. The molecule has 1 atom stereocenters. The van der Waals surface area contributed by atoms with Crippen molar-refractivity contribution < 1.29 is 29.3 Å². The molecule has 196 valence electrons. The fourth-order valence-corrected chi connectivity index (χ4v) is 5.29. The van der Waals surface area contributed by atoms with E-state index in [4.69, 9.17) is 9.47 Å². The van der Waals surface area contributed by atoms with Crippen LogP contribution in [0.5, 0.6) is 23.0 Å². The molecule has 1 amide bonds. The Labute approximate surface area is 224 Å². The number of carbonyl (C=O) groups excluding carboxylic acids is 2. The number of phenolic OH excluding ortho intramolecular Hbond substituents is 2. The van der Waals surface area contributed by atoms with Gasteiger partial charge in [0.25, 0.3) is 5.91 Å². The first kappa shape index (κ1) is 24.5. The van der Waals surface area contributed by atoms with Gasteiger partial charge in [-0.1, -0.05) is 18.2 Å². The van der Waals surface area contributed by atoms with Crippen molar-refractivity contribution in [3.8, 4) is 23.0 Å². The van der Waals surface area contributed by atoms with Crippen LogP contribution >= 0.6 is 0 Å². The Balaban J connectivity index is 1.46. The van der Waals surface area contributed by atoms with Crippen LogP contribution in [0.2, 0.25) is 0 Å². The van der Waals surface area contributed by atoms with Crippen molar-refractivity contribution in [1.82, 2.24) is 5.32 Å². The van der Waals surface area contributed by atoms with Gasteiger partial charge in [-0.3, -0.25) is 4.79 Å². The third-order valence-electron chi connectivity index (χ3n) is 7.32. The van der Waals surface area contributed by atoms with E-state index in [1.165, 1.54) is 24.3 Å². The minimum absolute atomic E-state index is 0.0311. The molecule has 0 aromatic heterocycles. The number of para-hydroxylation sites is 1. The SMILES string of the molecule is CN[C@@H](C)Cc1ccccc1NC(=O)c1ccc2c(c1)C1(OC2=O)c2ccc(O)cc2Oc2cc(O)ccc21. The highest BCUT2D eigenvalue weighted by Crippen LogP contribution is 2.57. The molecule has 1 spiro atoms. The molecule has 39 heavy (non-hydrogen) atoms. The van der Waals surface area contributed by atoms with Gasteiger partial charge in [-0.2, -0.15) is 0 Å². The summed E-state index contributed by atoms with van der Waals surface area (Å²) in [6, 6.07) is 21.8. The number of anilines is 1. The zero-order chi connectivity index (χ0) is 27.3. The molecule has 4 aromatic rings. The van der Waals surface area contributed by atoms with Gasteiger partial charge in [-0.25, -0.2) is 4.79 Å². The predicted octanol–water partition coefficient (Wildman–Crippen LogP) is 5.07. The van der Waals surface area contributed by atoms with Gasteiger partial charge in [-0.15, -0.1) is 0 Å². The second-order valence-corrected chi connectivity index (χ2v) is 9.80. The van der Waals surface area contributed by atoms with Crippen LogP contribution in [0.4, 0.5) is 5.69 Å². The number of amides is 1. The maximum absolute atomic E-state index is 13.5. The van der Waals surface area contributed by atoms with Crippen LogP contribution in [0, 0.1) is 0 Å². The first-order valence-electron chi connectivity index (χ1n) is 12.6. The summed E-state index contributed by atoms with van der Waals surface area (Å²) in [6.07, 6.45) is 0.732. The molecule has 0 radical (unpaired) electrons. The molecule has 2 aliphatic rings. The van der Waals surface area contributed by atoms with E-state index in [1.54, 1.807) is 30.3 Å².